The molecule has 2 rings (SSSR count). The van der Waals surface area contributed by atoms with Gasteiger partial charge in [0.05, 0.1) is 14.2 Å². The Hall–Kier alpha value is -2.07. The Kier molecular flexibility index (Phi) is 5.39. The molecular formula is C18H22FNO2. The van der Waals surface area contributed by atoms with E-state index in [1.807, 2.05) is 19.1 Å². The van der Waals surface area contributed by atoms with Gasteiger partial charge in [0.1, 0.15) is 17.3 Å². The molecule has 1 atom stereocenters. The number of hydrogen-bond acceptors (Lipinski definition) is 3. The van der Waals surface area contributed by atoms with Crippen molar-refractivity contribution >= 4 is 0 Å². The highest BCUT2D eigenvalue weighted by molar-refractivity contribution is 5.42. The number of aryl methyl sites for hydroxylation is 1. The van der Waals surface area contributed by atoms with Crippen LogP contribution in [0.1, 0.15) is 22.6 Å². The maximum Gasteiger partial charge on any atom is 0.123 e. The van der Waals surface area contributed by atoms with Gasteiger partial charge >= 0.3 is 0 Å². The molecule has 2 N–H and O–H groups in total. The number of nitrogens with two attached hydrogens (primary N) is 1. The minimum absolute atomic E-state index is 0.0404. The van der Waals surface area contributed by atoms with Gasteiger partial charge in [0, 0.05) is 11.5 Å². The lowest BCUT2D eigenvalue weighted by Gasteiger charge is -2.20. The standard InChI is InChI=1S/C18H22FNO2/c1-12-4-6-17(21-2)13(8-12)9-14(11-20)16-10-15(19)5-7-18(16)22-3/h4-8,10,14H,9,11,20H2,1-3H3. The zero-order chi connectivity index (χ0) is 16.1. The third-order valence-corrected chi connectivity index (χ3v) is 3.82. The minimum Gasteiger partial charge on any atom is -0.496 e. The van der Waals surface area contributed by atoms with Crippen LogP contribution in [0, 0.1) is 12.7 Å². The van der Waals surface area contributed by atoms with Gasteiger partial charge in [-0.25, -0.2) is 4.39 Å². The van der Waals surface area contributed by atoms with Gasteiger partial charge in [0.2, 0.25) is 0 Å². The normalized spacial score (nSPS) is 12.0. The maximum atomic E-state index is 13.6. The predicted octanol–water partition coefficient (Wildman–Crippen LogP) is 3.44. The third-order valence-electron chi connectivity index (χ3n) is 3.82. The first-order valence-corrected chi connectivity index (χ1v) is 7.26. The van der Waals surface area contributed by atoms with E-state index < -0.39 is 0 Å². The Morgan fingerprint density at radius 1 is 1.05 bits per heavy atom. The molecule has 0 bridgehead atoms. The van der Waals surface area contributed by atoms with Crippen molar-refractivity contribution in [1.82, 2.24) is 0 Å². The monoisotopic (exact) mass is 303 g/mol. The van der Waals surface area contributed by atoms with Crippen LogP contribution in [-0.4, -0.2) is 20.8 Å². The van der Waals surface area contributed by atoms with Gasteiger partial charge in [-0.2, -0.15) is 0 Å². The molecule has 0 spiro atoms. The van der Waals surface area contributed by atoms with Crippen molar-refractivity contribution in [3.63, 3.8) is 0 Å². The second-order valence-corrected chi connectivity index (χ2v) is 5.34. The first-order valence-electron chi connectivity index (χ1n) is 7.26. The molecule has 0 radical (unpaired) electrons. The second-order valence-electron chi connectivity index (χ2n) is 5.34. The van der Waals surface area contributed by atoms with Crippen LogP contribution in [0.2, 0.25) is 0 Å². The van der Waals surface area contributed by atoms with Gasteiger partial charge < -0.3 is 15.2 Å². The van der Waals surface area contributed by atoms with Crippen molar-refractivity contribution in [2.24, 2.45) is 5.73 Å². The minimum atomic E-state index is -0.287. The quantitative estimate of drug-likeness (QED) is 0.889. The Labute approximate surface area is 130 Å². The van der Waals surface area contributed by atoms with Crippen LogP contribution in [0.4, 0.5) is 4.39 Å². The van der Waals surface area contributed by atoms with E-state index in [0.29, 0.717) is 18.7 Å². The van der Waals surface area contributed by atoms with Crippen LogP contribution in [-0.2, 0) is 6.42 Å². The van der Waals surface area contributed by atoms with Crippen molar-refractivity contribution in [2.75, 3.05) is 20.8 Å². The third kappa shape index (κ3) is 3.57. The van der Waals surface area contributed by atoms with E-state index in [4.69, 9.17) is 15.2 Å². The van der Waals surface area contributed by atoms with E-state index in [2.05, 4.69) is 6.07 Å². The number of benzene rings is 2. The zero-order valence-corrected chi connectivity index (χ0v) is 13.2. The fraction of sp³-hybridized carbons (Fsp3) is 0.333. The summed E-state index contributed by atoms with van der Waals surface area (Å²) in [5.74, 6) is 1.15. The second kappa shape index (κ2) is 7.27. The molecule has 0 aromatic heterocycles. The highest BCUT2D eigenvalue weighted by Crippen LogP contribution is 2.32. The number of hydrogen-bond donors (Lipinski definition) is 1. The maximum absolute atomic E-state index is 13.6. The Morgan fingerprint density at radius 3 is 2.36 bits per heavy atom. The predicted molar refractivity (Wildman–Crippen MR) is 86.2 cm³/mol. The molecule has 2 aromatic rings. The lowest BCUT2D eigenvalue weighted by atomic mass is 9.90. The van der Waals surface area contributed by atoms with Gasteiger partial charge in [0.15, 0.2) is 0 Å². The number of halogens is 1. The molecule has 118 valence electrons. The molecule has 1 unspecified atom stereocenters. The largest absolute Gasteiger partial charge is 0.496 e. The molecule has 2 aromatic carbocycles. The summed E-state index contributed by atoms with van der Waals surface area (Å²) in [5, 5.41) is 0. The van der Waals surface area contributed by atoms with Gasteiger partial charge in [-0.05, 0) is 49.7 Å². The van der Waals surface area contributed by atoms with Crippen molar-refractivity contribution in [3.05, 3.63) is 58.9 Å². The first kappa shape index (κ1) is 16.3. The highest BCUT2D eigenvalue weighted by Gasteiger charge is 2.18. The SMILES string of the molecule is COc1ccc(C)cc1CC(CN)c1cc(F)ccc1OC. The van der Waals surface area contributed by atoms with E-state index in [1.165, 1.54) is 12.1 Å². The molecule has 0 fully saturated rings. The molecule has 22 heavy (non-hydrogen) atoms. The fourth-order valence-corrected chi connectivity index (χ4v) is 2.68. The zero-order valence-electron chi connectivity index (χ0n) is 13.2. The number of ether oxygens (including phenoxy) is 2. The van der Waals surface area contributed by atoms with Crippen LogP contribution in [0.5, 0.6) is 11.5 Å². The average molecular weight is 303 g/mol. The van der Waals surface area contributed by atoms with Crippen molar-refractivity contribution in [3.8, 4) is 11.5 Å². The van der Waals surface area contributed by atoms with Gasteiger partial charge in [-0.3, -0.25) is 0 Å². The summed E-state index contributed by atoms with van der Waals surface area (Å²) >= 11 is 0. The summed E-state index contributed by atoms with van der Waals surface area (Å²) in [6.07, 6.45) is 0.668. The Bertz CT molecular complexity index is 643. The molecular weight excluding hydrogens is 281 g/mol. The van der Waals surface area contributed by atoms with Crippen LogP contribution < -0.4 is 15.2 Å². The molecule has 0 saturated heterocycles. The Morgan fingerprint density at radius 2 is 1.73 bits per heavy atom. The van der Waals surface area contributed by atoms with Gasteiger partial charge in [0.25, 0.3) is 0 Å². The summed E-state index contributed by atoms with van der Waals surface area (Å²) in [5.41, 5.74) is 8.93. The van der Waals surface area contributed by atoms with E-state index in [0.717, 1.165) is 22.4 Å². The van der Waals surface area contributed by atoms with Crippen LogP contribution in [0.15, 0.2) is 36.4 Å². The number of methoxy groups -OCH3 is 2. The lowest BCUT2D eigenvalue weighted by molar-refractivity contribution is 0.399. The van der Waals surface area contributed by atoms with Crippen molar-refractivity contribution in [2.45, 2.75) is 19.3 Å². The lowest BCUT2D eigenvalue weighted by Crippen LogP contribution is -2.16. The van der Waals surface area contributed by atoms with Crippen molar-refractivity contribution < 1.29 is 13.9 Å². The molecule has 3 nitrogen and oxygen atoms in total. The Balaban J connectivity index is 2.38. The summed E-state index contributed by atoms with van der Waals surface area (Å²) in [4.78, 5) is 0. The van der Waals surface area contributed by atoms with E-state index in [1.54, 1.807) is 20.3 Å². The molecule has 4 heteroatoms. The summed E-state index contributed by atoms with van der Waals surface area (Å²) < 4.78 is 24.4. The molecule has 0 amide bonds. The fourth-order valence-electron chi connectivity index (χ4n) is 2.68. The highest BCUT2D eigenvalue weighted by atomic mass is 19.1. The van der Waals surface area contributed by atoms with E-state index in [9.17, 15) is 4.39 Å². The number of rotatable bonds is 6. The van der Waals surface area contributed by atoms with Gasteiger partial charge in [-0.15, -0.1) is 0 Å². The molecule has 0 heterocycles. The van der Waals surface area contributed by atoms with Gasteiger partial charge in [-0.1, -0.05) is 17.7 Å². The summed E-state index contributed by atoms with van der Waals surface area (Å²) in [7, 11) is 3.23. The molecule has 0 saturated carbocycles. The van der Waals surface area contributed by atoms with E-state index in [-0.39, 0.29) is 11.7 Å². The first-order chi connectivity index (χ1) is 10.6. The molecule has 0 aliphatic carbocycles. The summed E-state index contributed by atoms with van der Waals surface area (Å²) in [6.45, 7) is 2.43. The van der Waals surface area contributed by atoms with Crippen molar-refractivity contribution in [1.29, 1.82) is 0 Å². The molecule has 0 aliphatic rings. The smallest absolute Gasteiger partial charge is 0.123 e. The van der Waals surface area contributed by atoms with Crippen LogP contribution in [0.25, 0.3) is 0 Å². The van der Waals surface area contributed by atoms with E-state index >= 15 is 0 Å². The average Bonchev–Trinajstić information content (AvgIpc) is 2.52. The van der Waals surface area contributed by atoms with Crippen LogP contribution in [0.3, 0.4) is 0 Å². The topological polar surface area (TPSA) is 44.5 Å². The summed E-state index contributed by atoms with van der Waals surface area (Å²) in [6, 6.07) is 10.6. The molecule has 0 aliphatic heterocycles. The van der Waals surface area contributed by atoms with Crippen LogP contribution >= 0.6 is 0 Å².